The van der Waals surface area contributed by atoms with Crippen LogP contribution in [0.1, 0.15) is 46.7 Å². The number of benzene rings is 2. The zero-order chi connectivity index (χ0) is 19.6. The molecule has 4 heteroatoms. The molecule has 1 heterocycles. The lowest BCUT2D eigenvalue weighted by molar-refractivity contribution is 0.0993. The lowest BCUT2D eigenvalue weighted by Gasteiger charge is -2.07. The van der Waals surface area contributed by atoms with Crippen molar-refractivity contribution in [2.24, 2.45) is 5.92 Å². The Kier molecular flexibility index (Phi) is 4.94. The van der Waals surface area contributed by atoms with E-state index >= 15 is 0 Å². The number of aromatic nitrogens is 2. The molecule has 29 heavy (non-hydrogen) atoms. The molecule has 1 aromatic heterocycles. The molecule has 2 fully saturated rings. The van der Waals surface area contributed by atoms with Crippen LogP contribution < -0.4 is 5.32 Å². The van der Waals surface area contributed by atoms with Gasteiger partial charge in [0.05, 0.1) is 0 Å². The maximum absolute atomic E-state index is 12.9. The number of carbonyl (C=O) groups excluding carboxylic acids is 1. The third kappa shape index (κ3) is 4.43. The van der Waals surface area contributed by atoms with Crippen LogP contribution in [0.25, 0.3) is 11.4 Å². The summed E-state index contributed by atoms with van der Waals surface area (Å²) in [6, 6.07) is 18.5. The molecule has 3 aromatic rings. The fraction of sp³-hybridized carbons (Fsp3) is 0.320. The molecular formula is C25H25N3O. The first-order valence-electron chi connectivity index (χ1n) is 10.5. The Morgan fingerprint density at radius 2 is 1.83 bits per heavy atom. The summed E-state index contributed by atoms with van der Waals surface area (Å²) in [5, 5.41) is 3.68. The fourth-order valence-corrected chi connectivity index (χ4v) is 3.93. The number of hydrogen-bond acceptors (Lipinski definition) is 4. The van der Waals surface area contributed by atoms with Crippen LogP contribution in [0.5, 0.6) is 0 Å². The number of carbonyl (C=O) groups is 1. The van der Waals surface area contributed by atoms with Gasteiger partial charge in [-0.25, -0.2) is 9.97 Å². The van der Waals surface area contributed by atoms with Crippen LogP contribution in [0.3, 0.4) is 0 Å². The molecule has 2 unspecified atom stereocenters. The molecule has 2 aliphatic rings. The highest BCUT2D eigenvalue weighted by Crippen LogP contribution is 2.42. The third-order valence-corrected chi connectivity index (χ3v) is 5.91. The monoisotopic (exact) mass is 383 g/mol. The molecule has 1 N–H and O–H groups in total. The van der Waals surface area contributed by atoms with Crippen molar-refractivity contribution in [3.05, 3.63) is 83.7 Å². The molecule has 146 valence electrons. The SMILES string of the molecule is O=C(Cc1cccc(-c2ncccn2)c1)c1cccc(C2CC2NCC2CC2)c1. The van der Waals surface area contributed by atoms with Crippen molar-refractivity contribution in [2.45, 2.75) is 37.6 Å². The van der Waals surface area contributed by atoms with E-state index in [0.29, 0.717) is 24.2 Å². The molecule has 0 spiro atoms. The van der Waals surface area contributed by atoms with Crippen molar-refractivity contribution in [2.75, 3.05) is 6.54 Å². The highest BCUT2D eigenvalue weighted by atomic mass is 16.1. The Labute approximate surface area is 171 Å². The average molecular weight is 383 g/mol. The molecule has 2 saturated carbocycles. The number of ketones is 1. The lowest BCUT2D eigenvalue weighted by atomic mass is 9.98. The second kappa shape index (κ2) is 7.88. The second-order valence-corrected chi connectivity index (χ2v) is 8.30. The van der Waals surface area contributed by atoms with Gasteiger partial charge < -0.3 is 5.32 Å². The van der Waals surface area contributed by atoms with Crippen molar-refractivity contribution in [1.82, 2.24) is 15.3 Å². The van der Waals surface area contributed by atoms with E-state index in [1.165, 1.54) is 24.8 Å². The first-order chi connectivity index (χ1) is 14.3. The number of rotatable bonds is 8. The smallest absolute Gasteiger partial charge is 0.167 e. The van der Waals surface area contributed by atoms with Gasteiger partial charge in [-0.15, -0.1) is 0 Å². The predicted molar refractivity (Wildman–Crippen MR) is 114 cm³/mol. The molecule has 5 rings (SSSR count). The predicted octanol–water partition coefficient (Wildman–Crippen LogP) is 4.42. The zero-order valence-electron chi connectivity index (χ0n) is 16.4. The van der Waals surface area contributed by atoms with E-state index in [1.807, 2.05) is 36.4 Å². The van der Waals surface area contributed by atoms with Gasteiger partial charge in [0.15, 0.2) is 11.6 Å². The Morgan fingerprint density at radius 3 is 2.66 bits per heavy atom. The fourth-order valence-electron chi connectivity index (χ4n) is 3.93. The number of nitrogens with one attached hydrogen (secondary N) is 1. The summed E-state index contributed by atoms with van der Waals surface area (Å²) in [4.78, 5) is 21.5. The normalized spacial score (nSPS) is 20.4. The van der Waals surface area contributed by atoms with Gasteiger partial charge in [0.1, 0.15) is 0 Å². The van der Waals surface area contributed by atoms with Crippen molar-refractivity contribution in [1.29, 1.82) is 0 Å². The quantitative estimate of drug-likeness (QED) is 0.585. The third-order valence-electron chi connectivity index (χ3n) is 5.91. The van der Waals surface area contributed by atoms with E-state index in [2.05, 4.69) is 27.4 Å². The van der Waals surface area contributed by atoms with Crippen molar-refractivity contribution >= 4 is 5.78 Å². The largest absolute Gasteiger partial charge is 0.313 e. The maximum Gasteiger partial charge on any atom is 0.167 e. The Balaban J connectivity index is 1.25. The Bertz CT molecular complexity index is 1010. The molecule has 0 amide bonds. The minimum absolute atomic E-state index is 0.154. The second-order valence-electron chi connectivity index (χ2n) is 8.30. The average Bonchev–Trinajstić information content (AvgIpc) is 3.68. The van der Waals surface area contributed by atoms with Crippen molar-refractivity contribution < 1.29 is 4.79 Å². The lowest BCUT2D eigenvalue weighted by Crippen LogP contribution is -2.20. The van der Waals surface area contributed by atoms with Crippen LogP contribution in [0, 0.1) is 5.92 Å². The van der Waals surface area contributed by atoms with Crippen LogP contribution in [0.15, 0.2) is 67.0 Å². The first kappa shape index (κ1) is 18.2. The van der Waals surface area contributed by atoms with Gasteiger partial charge in [-0.1, -0.05) is 36.4 Å². The molecule has 0 radical (unpaired) electrons. The van der Waals surface area contributed by atoms with Crippen LogP contribution in [-0.2, 0) is 6.42 Å². The van der Waals surface area contributed by atoms with Crippen LogP contribution in [0.2, 0.25) is 0 Å². The van der Waals surface area contributed by atoms with Crippen molar-refractivity contribution in [3.8, 4) is 11.4 Å². The van der Waals surface area contributed by atoms with E-state index in [4.69, 9.17) is 0 Å². The van der Waals surface area contributed by atoms with Gasteiger partial charge in [0, 0.05) is 41.9 Å². The minimum Gasteiger partial charge on any atom is -0.313 e. The molecular weight excluding hydrogens is 358 g/mol. The summed E-state index contributed by atoms with van der Waals surface area (Å²) in [6.45, 7) is 1.15. The van der Waals surface area contributed by atoms with E-state index in [9.17, 15) is 4.79 Å². The minimum atomic E-state index is 0.154. The maximum atomic E-state index is 12.9. The Hall–Kier alpha value is -2.85. The van der Waals surface area contributed by atoms with Crippen LogP contribution in [-0.4, -0.2) is 28.3 Å². The standard InChI is InChI=1S/C25H25N3O/c29-24(13-18-4-1-7-21(12-18)25-26-10-3-11-27-25)20-6-2-5-19(14-20)22-15-23(22)28-16-17-8-9-17/h1-7,10-12,14,17,22-23,28H,8-9,13,15-16H2. The van der Waals surface area contributed by atoms with Gasteiger partial charge in [-0.3, -0.25) is 4.79 Å². The van der Waals surface area contributed by atoms with Gasteiger partial charge in [-0.05, 0) is 61.1 Å². The number of hydrogen-bond donors (Lipinski definition) is 1. The summed E-state index contributed by atoms with van der Waals surface area (Å²) in [5.41, 5.74) is 4.01. The Morgan fingerprint density at radius 1 is 1.00 bits per heavy atom. The van der Waals surface area contributed by atoms with E-state index in [1.54, 1.807) is 18.5 Å². The number of Topliss-reactive ketones (excluding diaryl/α,β-unsaturated/α-hetero) is 1. The van der Waals surface area contributed by atoms with Crippen LogP contribution in [0.4, 0.5) is 0 Å². The topological polar surface area (TPSA) is 54.9 Å². The van der Waals surface area contributed by atoms with E-state index in [-0.39, 0.29) is 5.78 Å². The number of nitrogens with zero attached hydrogens (tertiary/aromatic N) is 2. The summed E-state index contributed by atoms with van der Waals surface area (Å²) in [5.74, 6) is 2.30. The highest BCUT2D eigenvalue weighted by molar-refractivity contribution is 5.97. The van der Waals surface area contributed by atoms with Gasteiger partial charge in [0.2, 0.25) is 0 Å². The van der Waals surface area contributed by atoms with E-state index < -0.39 is 0 Å². The van der Waals surface area contributed by atoms with Gasteiger partial charge in [0.25, 0.3) is 0 Å². The van der Waals surface area contributed by atoms with Crippen LogP contribution >= 0.6 is 0 Å². The molecule has 0 saturated heterocycles. The van der Waals surface area contributed by atoms with Gasteiger partial charge >= 0.3 is 0 Å². The molecule has 0 aliphatic heterocycles. The molecule has 2 aliphatic carbocycles. The summed E-state index contributed by atoms with van der Waals surface area (Å²) in [6.07, 6.45) is 7.80. The zero-order valence-corrected chi connectivity index (χ0v) is 16.4. The van der Waals surface area contributed by atoms with Gasteiger partial charge in [-0.2, -0.15) is 0 Å². The molecule has 4 nitrogen and oxygen atoms in total. The van der Waals surface area contributed by atoms with Crippen molar-refractivity contribution in [3.63, 3.8) is 0 Å². The highest BCUT2D eigenvalue weighted by Gasteiger charge is 2.39. The van der Waals surface area contributed by atoms with E-state index in [0.717, 1.165) is 29.2 Å². The molecule has 0 bridgehead atoms. The summed E-state index contributed by atoms with van der Waals surface area (Å²) >= 11 is 0. The molecule has 2 aromatic carbocycles. The first-order valence-corrected chi connectivity index (χ1v) is 10.5. The summed E-state index contributed by atoms with van der Waals surface area (Å²) in [7, 11) is 0. The summed E-state index contributed by atoms with van der Waals surface area (Å²) < 4.78 is 0. The molecule has 2 atom stereocenters.